The Balaban J connectivity index is 2.63. The van der Waals surface area contributed by atoms with Crippen molar-refractivity contribution in [2.75, 3.05) is 13.1 Å². The molecule has 1 fully saturated rings. The highest BCUT2D eigenvalue weighted by Gasteiger charge is 2.42. The van der Waals surface area contributed by atoms with Gasteiger partial charge in [0.05, 0.1) is 6.54 Å². The average molecular weight is 175 g/mol. The zero-order valence-corrected chi connectivity index (χ0v) is 7.61. The van der Waals surface area contributed by atoms with Crippen LogP contribution in [0.5, 0.6) is 0 Å². The predicted molar refractivity (Wildman–Crippen MR) is 45.4 cm³/mol. The third kappa shape index (κ3) is 1.83. The molecular formula is C9H15F2N. The number of nitrogens with zero attached hydrogens (tertiary/aromatic N) is 1. The molecule has 1 aliphatic heterocycles. The molecule has 0 aromatic rings. The van der Waals surface area contributed by atoms with Crippen molar-refractivity contribution < 1.29 is 8.78 Å². The molecule has 0 unspecified atom stereocenters. The van der Waals surface area contributed by atoms with Crippen LogP contribution in [0.1, 0.15) is 20.3 Å². The Hall–Kier alpha value is -0.440. The Bertz CT molecular complexity index is 187. The fraction of sp³-hybridized carbons (Fsp3) is 0.778. The van der Waals surface area contributed by atoms with Crippen LogP contribution in [0.15, 0.2) is 12.7 Å². The predicted octanol–water partition coefficient (Wildman–Crippen LogP) is 2.29. The van der Waals surface area contributed by atoms with Crippen molar-refractivity contribution >= 4 is 0 Å². The second-order valence-corrected chi connectivity index (χ2v) is 3.89. The fourth-order valence-electron chi connectivity index (χ4n) is 1.36. The van der Waals surface area contributed by atoms with Gasteiger partial charge in [-0.1, -0.05) is 6.08 Å². The minimum Gasteiger partial charge on any atom is -0.289 e. The van der Waals surface area contributed by atoms with Gasteiger partial charge in [-0.15, -0.1) is 6.58 Å². The molecule has 0 bridgehead atoms. The van der Waals surface area contributed by atoms with E-state index in [2.05, 4.69) is 6.58 Å². The van der Waals surface area contributed by atoms with E-state index in [1.165, 1.54) is 0 Å². The maximum Gasteiger partial charge on any atom is 0.261 e. The van der Waals surface area contributed by atoms with E-state index < -0.39 is 5.92 Å². The number of hydrogen-bond donors (Lipinski definition) is 0. The highest BCUT2D eigenvalue weighted by atomic mass is 19.3. The lowest BCUT2D eigenvalue weighted by molar-refractivity contribution is 0.00439. The van der Waals surface area contributed by atoms with E-state index in [-0.39, 0.29) is 18.5 Å². The van der Waals surface area contributed by atoms with E-state index in [1.54, 1.807) is 11.0 Å². The summed E-state index contributed by atoms with van der Waals surface area (Å²) in [6.07, 6.45) is 1.69. The minimum atomic E-state index is -2.50. The standard InChI is InChI=1S/C9H15F2N/c1-4-8(2,3)12-6-5-9(10,11)7-12/h4H,1,5-7H2,2-3H3. The van der Waals surface area contributed by atoms with Gasteiger partial charge in [0.25, 0.3) is 5.92 Å². The van der Waals surface area contributed by atoms with Crippen LogP contribution >= 0.6 is 0 Å². The molecule has 1 aliphatic rings. The number of likely N-dealkylation sites (tertiary alicyclic amines) is 1. The minimum absolute atomic E-state index is 0.0235. The highest BCUT2D eigenvalue weighted by molar-refractivity contribution is 5.01. The maximum absolute atomic E-state index is 12.8. The van der Waals surface area contributed by atoms with Crippen molar-refractivity contribution in [2.24, 2.45) is 0 Å². The molecule has 0 aliphatic carbocycles. The van der Waals surface area contributed by atoms with Gasteiger partial charge in [0.1, 0.15) is 0 Å². The Kier molecular flexibility index (Phi) is 2.25. The van der Waals surface area contributed by atoms with Gasteiger partial charge in [-0.3, -0.25) is 4.90 Å². The Morgan fingerprint density at radius 1 is 1.50 bits per heavy atom. The first-order valence-electron chi connectivity index (χ1n) is 4.14. The number of alkyl halides is 2. The summed E-state index contributed by atoms with van der Waals surface area (Å²) in [6.45, 7) is 7.78. The van der Waals surface area contributed by atoms with Gasteiger partial charge < -0.3 is 0 Å². The van der Waals surface area contributed by atoms with Gasteiger partial charge in [0, 0.05) is 18.5 Å². The molecule has 0 spiro atoms. The van der Waals surface area contributed by atoms with E-state index in [4.69, 9.17) is 0 Å². The van der Waals surface area contributed by atoms with Crippen LogP contribution in [-0.2, 0) is 0 Å². The molecule has 70 valence electrons. The number of rotatable bonds is 2. The smallest absolute Gasteiger partial charge is 0.261 e. The maximum atomic E-state index is 12.8. The average Bonchev–Trinajstić information content (AvgIpc) is 2.31. The lowest BCUT2D eigenvalue weighted by atomic mass is 10.0. The van der Waals surface area contributed by atoms with Crippen molar-refractivity contribution in [3.8, 4) is 0 Å². The van der Waals surface area contributed by atoms with Gasteiger partial charge in [-0.05, 0) is 13.8 Å². The molecule has 0 aromatic heterocycles. The third-order valence-corrected chi connectivity index (χ3v) is 2.48. The van der Waals surface area contributed by atoms with Gasteiger partial charge in [0.2, 0.25) is 0 Å². The lowest BCUT2D eigenvalue weighted by Gasteiger charge is -2.32. The second kappa shape index (κ2) is 2.80. The molecule has 0 aromatic carbocycles. The summed E-state index contributed by atoms with van der Waals surface area (Å²) in [5, 5.41) is 0. The zero-order valence-electron chi connectivity index (χ0n) is 7.61. The molecule has 0 amide bonds. The number of halogens is 2. The summed E-state index contributed by atoms with van der Waals surface area (Å²) in [5.74, 6) is -2.50. The molecule has 12 heavy (non-hydrogen) atoms. The lowest BCUT2D eigenvalue weighted by Crippen LogP contribution is -2.41. The van der Waals surface area contributed by atoms with Crippen LogP contribution in [0.4, 0.5) is 8.78 Å². The van der Waals surface area contributed by atoms with Crippen LogP contribution in [0, 0.1) is 0 Å². The molecule has 0 atom stereocenters. The van der Waals surface area contributed by atoms with E-state index >= 15 is 0 Å². The van der Waals surface area contributed by atoms with Gasteiger partial charge in [-0.2, -0.15) is 0 Å². The number of hydrogen-bond acceptors (Lipinski definition) is 1. The Morgan fingerprint density at radius 2 is 2.08 bits per heavy atom. The normalized spacial score (nSPS) is 24.3. The van der Waals surface area contributed by atoms with Crippen LogP contribution in [0.3, 0.4) is 0 Å². The fourth-order valence-corrected chi connectivity index (χ4v) is 1.36. The molecule has 1 rings (SSSR count). The van der Waals surface area contributed by atoms with Crippen LogP contribution in [0.25, 0.3) is 0 Å². The van der Waals surface area contributed by atoms with Crippen molar-refractivity contribution in [3.63, 3.8) is 0 Å². The molecule has 1 saturated heterocycles. The van der Waals surface area contributed by atoms with Crippen molar-refractivity contribution in [2.45, 2.75) is 31.7 Å². The molecule has 1 nitrogen and oxygen atoms in total. The highest BCUT2D eigenvalue weighted by Crippen LogP contribution is 2.31. The van der Waals surface area contributed by atoms with Crippen LogP contribution < -0.4 is 0 Å². The van der Waals surface area contributed by atoms with Crippen LogP contribution in [0.2, 0.25) is 0 Å². The first kappa shape index (κ1) is 9.65. The molecule has 0 radical (unpaired) electrons. The third-order valence-electron chi connectivity index (χ3n) is 2.48. The van der Waals surface area contributed by atoms with Crippen molar-refractivity contribution in [1.29, 1.82) is 0 Å². The summed E-state index contributed by atoms with van der Waals surface area (Å²) in [7, 11) is 0. The summed E-state index contributed by atoms with van der Waals surface area (Å²) in [6, 6.07) is 0. The molecule has 3 heteroatoms. The van der Waals surface area contributed by atoms with E-state index in [9.17, 15) is 8.78 Å². The summed E-state index contributed by atoms with van der Waals surface area (Å²) < 4.78 is 25.6. The first-order chi connectivity index (χ1) is 5.37. The quantitative estimate of drug-likeness (QED) is 0.582. The SMILES string of the molecule is C=CC(C)(C)N1CCC(F)(F)C1. The van der Waals surface area contributed by atoms with Crippen LogP contribution in [-0.4, -0.2) is 29.5 Å². The Morgan fingerprint density at radius 3 is 2.42 bits per heavy atom. The molecule has 1 heterocycles. The van der Waals surface area contributed by atoms with Crippen molar-refractivity contribution in [3.05, 3.63) is 12.7 Å². The largest absolute Gasteiger partial charge is 0.289 e. The summed E-state index contributed by atoms with van der Waals surface area (Å²) in [5.41, 5.74) is -0.306. The van der Waals surface area contributed by atoms with E-state index in [0.29, 0.717) is 6.54 Å². The van der Waals surface area contributed by atoms with Crippen molar-refractivity contribution in [1.82, 2.24) is 4.90 Å². The first-order valence-corrected chi connectivity index (χ1v) is 4.14. The van der Waals surface area contributed by atoms with Gasteiger partial charge >= 0.3 is 0 Å². The van der Waals surface area contributed by atoms with Gasteiger partial charge in [0.15, 0.2) is 0 Å². The molecule has 0 N–H and O–H groups in total. The zero-order chi connectivity index (χ0) is 9.41. The summed E-state index contributed by atoms with van der Waals surface area (Å²) in [4.78, 5) is 1.76. The monoisotopic (exact) mass is 175 g/mol. The summed E-state index contributed by atoms with van der Waals surface area (Å²) >= 11 is 0. The van der Waals surface area contributed by atoms with E-state index in [0.717, 1.165) is 0 Å². The van der Waals surface area contributed by atoms with Gasteiger partial charge in [-0.25, -0.2) is 8.78 Å². The molecular weight excluding hydrogens is 160 g/mol. The van der Waals surface area contributed by atoms with E-state index in [1.807, 2.05) is 13.8 Å². The molecule has 0 saturated carbocycles. The Labute approximate surface area is 72.1 Å². The topological polar surface area (TPSA) is 3.24 Å². The second-order valence-electron chi connectivity index (χ2n) is 3.89.